The van der Waals surface area contributed by atoms with Crippen LogP contribution in [0.15, 0.2) is 29.9 Å². The summed E-state index contributed by atoms with van der Waals surface area (Å²) < 4.78 is 0. The Morgan fingerprint density at radius 2 is 2.12 bits per heavy atom. The van der Waals surface area contributed by atoms with E-state index in [9.17, 15) is 0 Å². The second kappa shape index (κ2) is 5.15. The Labute approximate surface area is 108 Å². The van der Waals surface area contributed by atoms with Gasteiger partial charge in [-0.3, -0.25) is 4.98 Å². The van der Waals surface area contributed by atoms with Crippen molar-refractivity contribution in [2.75, 3.05) is 7.05 Å². The Kier molecular flexibility index (Phi) is 3.82. The lowest BCUT2D eigenvalue weighted by Crippen LogP contribution is -2.17. The molecule has 0 aliphatic carbocycles. The zero-order chi connectivity index (χ0) is 11.5. The average Bonchev–Trinajstić information content (AvgIpc) is 2.69. The predicted molar refractivity (Wildman–Crippen MR) is 69.5 cm³/mol. The van der Waals surface area contributed by atoms with Crippen molar-refractivity contribution in [3.05, 3.63) is 50.4 Å². The van der Waals surface area contributed by atoms with E-state index in [1.54, 1.807) is 23.7 Å². The van der Waals surface area contributed by atoms with E-state index in [0.29, 0.717) is 5.02 Å². The van der Waals surface area contributed by atoms with Crippen molar-refractivity contribution in [1.29, 1.82) is 0 Å². The van der Waals surface area contributed by atoms with Gasteiger partial charge in [-0.2, -0.15) is 0 Å². The molecule has 0 radical (unpaired) electrons. The van der Waals surface area contributed by atoms with Crippen LogP contribution in [0.4, 0.5) is 0 Å². The molecule has 0 amide bonds. The summed E-state index contributed by atoms with van der Waals surface area (Å²) in [7, 11) is 1.89. The lowest BCUT2D eigenvalue weighted by atomic mass is 10.1. The van der Waals surface area contributed by atoms with Gasteiger partial charge < -0.3 is 5.32 Å². The van der Waals surface area contributed by atoms with Gasteiger partial charge in [-0.25, -0.2) is 0 Å². The summed E-state index contributed by atoms with van der Waals surface area (Å²) >= 11 is 13.9. The maximum Gasteiger partial charge on any atom is 0.0699 e. The number of aromatic nitrogens is 1. The maximum absolute atomic E-state index is 6.13. The second-order valence-corrected chi connectivity index (χ2v) is 5.01. The van der Waals surface area contributed by atoms with Gasteiger partial charge in [0.1, 0.15) is 0 Å². The van der Waals surface area contributed by atoms with Gasteiger partial charge in [0, 0.05) is 17.3 Å². The first-order chi connectivity index (χ1) is 7.74. The number of hydrogen-bond donors (Lipinski definition) is 1. The molecule has 0 bridgehead atoms. The fourth-order valence-corrected chi connectivity index (χ4v) is 3.08. The standard InChI is InChI=1S/C11H10Cl2N2S/c1-14-10(11-8(12)3-5-16-11)7-2-4-15-6-9(7)13/h2-6,10,14H,1H3. The third-order valence-corrected chi connectivity index (χ3v) is 4.05. The molecule has 0 spiro atoms. The molecule has 1 unspecified atom stereocenters. The highest BCUT2D eigenvalue weighted by Gasteiger charge is 2.18. The van der Waals surface area contributed by atoms with E-state index in [0.717, 1.165) is 15.5 Å². The van der Waals surface area contributed by atoms with Crippen LogP contribution in [-0.4, -0.2) is 12.0 Å². The van der Waals surface area contributed by atoms with E-state index in [1.807, 2.05) is 24.6 Å². The quantitative estimate of drug-likeness (QED) is 0.921. The van der Waals surface area contributed by atoms with Gasteiger partial charge in [-0.1, -0.05) is 23.2 Å². The maximum atomic E-state index is 6.13. The highest BCUT2D eigenvalue weighted by atomic mass is 35.5. The zero-order valence-corrected chi connectivity index (χ0v) is 10.9. The van der Waals surface area contributed by atoms with E-state index < -0.39 is 0 Å². The topological polar surface area (TPSA) is 24.9 Å². The molecular formula is C11H10Cl2N2S. The van der Waals surface area contributed by atoms with Crippen LogP contribution in [0.3, 0.4) is 0 Å². The normalized spacial score (nSPS) is 12.7. The number of thiophene rings is 1. The summed E-state index contributed by atoms with van der Waals surface area (Å²) in [5, 5.41) is 6.59. The first kappa shape index (κ1) is 11.9. The predicted octanol–water partition coefficient (Wildman–Crippen LogP) is 3.76. The SMILES string of the molecule is CNC(c1ccncc1Cl)c1sccc1Cl. The van der Waals surface area contributed by atoms with Crippen molar-refractivity contribution in [2.24, 2.45) is 0 Å². The molecule has 0 fully saturated rings. The molecule has 1 N–H and O–H groups in total. The Morgan fingerprint density at radius 3 is 2.69 bits per heavy atom. The van der Waals surface area contributed by atoms with Crippen molar-refractivity contribution < 1.29 is 0 Å². The Morgan fingerprint density at radius 1 is 1.31 bits per heavy atom. The minimum atomic E-state index is 0.0167. The van der Waals surface area contributed by atoms with Gasteiger partial charge in [-0.15, -0.1) is 11.3 Å². The Bertz CT molecular complexity index is 484. The highest BCUT2D eigenvalue weighted by molar-refractivity contribution is 7.10. The van der Waals surface area contributed by atoms with Gasteiger partial charge >= 0.3 is 0 Å². The summed E-state index contributed by atoms with van der Waals surface area (Å²) in [6.45, 7) is 0. The van der Waals surface area contributed by atoms with Crippen LogP contribution >= 0.6 is 34.5 Å². The number of nitrogens with one attached hydrogen (secondary N) is 1. The summed E-state index contributed by atoms with van der Waals surface area (Å²) in [5.41, 5.74) is 0.989. The lowest BCUT2D eigenvalue weighted by molar-refractivity contribution is 0.703. The summed E-state index contributed by atoms with van der Waals surface area (Å²) in [4.78, 5) is 5.04. The molecule has 2 nitrogen and oxygen atoms in total. The number of rotatable bonds is 3. The van der Waals surface area contributed by atoms with Crippen LogP contribution < -0.4 is 5.32 Å². The monoisotopic (exact) mass is 272 g/mol. The van der Waals surface area contributed by atoms with E-state index in [4.69, 9.17) is 23.2 Å². The smallest absolute Gasteiger partial charge is 0.0699 e. The van der Waals surface area contributed by atoms with E-state index in [-0.39, 0.29) is 6.04 Å². The number of nitrogens with zero attached hydrogens (tertiary/aromatic N) is 1. The summed E-state index contributed by atoms with van der Waals surface area (Å²) in [6, 6.07) is 3.81. The molecule has 0 aromatic carbocycles. The van der Waals surface area contributed by atoms with Crippen molar-refractivity contribution >= 4 is 34.5 Å². The van der Waals surface area contributed by atoms with Crippen LogP contribution in [0.2, 0.25) is 10.0 Å². The van der Waals surface area contributed by atoms with Crippen LogP contribution in [0.25, 0.3) is 0 Å². The number of hydrogen-bond acceptors (Lipinski definition) is 3. The second-order valence-electron chi connectivity index (χ2n) is 3.25. The largest absolute Gasteiger partial charge is 0.309 e. The Hall–Kier alpha value is -0.610. The highest BCUT2D eigenvalue weighted by Crippen LogP contribution is 2.34. The summed E-state index contributed by atoms with van der Waals surface area (Å²) in [6.07, 6.45) is 3.37. The molecule has 5 heteroatoms. The third-order valence-electron chi connectivity index (χ3n) is 2.31. The first-order valence-electron chi connectivity index (χ1n) is 4.73. The molecular weight excluding hydrogens is 263 g/mol. The van der Waals surface area contributed by atoms with E-state index >= 15 is 0 Å². The lowest BCUT2D eigenvalue weighted by Gasteiger charge is -2.16. The fourth-order valence-electron chi connectivity index (χ4n) is 1.56. The molecule has 0 saturated carbocycles. The Balaban J connectivity index is 2.45. The first-order valence-corrected chi connectivity index (χ1v) is 6.37. The minimum Gasteiger partial charge on any atom is -0.309 e. The molecule has 16 heavy (non-hydrogen) atoms. The fraction of sp³-hybridized carbons (Fsp3) is 0.182. The van der Waals surface area contributed by atoms with Crippen LogP contribution in [0.5, 0.6) is 0 Å². The van der Waals surface area contributed by atoms with Crippen molar-refractivity contribution in [2.45, 2.75) is 6.04 Å². The van der Waals surface area contributed by atoms with E-state index in [1.165, 1.54) is 0 Å². The summed E-state index contributed by atoms with van der Waals surface area (Å²) in [5.74, 6) is 0. The van der Waals surface area contributed by atoms with Gasteiger partial charge in [0.2, 0.25) is 0 Å². The zero-order valence-electron chi connectivity index (χ0n) is 8.58. The number of pyridine rings is 1. The average molecular weight is 273 g/mol. The van der Waals surface area contributed by atoms with Crippen LogP contribution in [0, 0.1) is 0 Å². The van der Waals surface area contributed by atoms with Crippen molar-refractivity contribution in [3.63, 3.8) is 0 Å². The molecule has 2 aromatic rings. The van der Waals surface area contributed by atoms with Crippen LogP contribution in [-0.2, 0) is 0 Å². The van der Waals surface area contributed by atoms with Crippen molar-refractivity contribution in [3.8, 4) is 0 Å². The number of halogens is 2. The van der Waals surface area contributed by atoms with Crippen LogP contribution in [0.1, 0.15) is 16.5 Å². The van der Waals surface area contributed by atoms with Gasteiger partial charge in [0.25, 0.3) is 0 Å². The molecule has 0 aliphatic rings. The van der Waals surface area contributed by atoms with Gasteiger partial charge in [-0.05, 0) is 30.1 Å². The van der Waals surface area contributed by atoms with E-state index in [2.05, 4.69) is 10.3 Å². The van der Waals surface area contributed by atoms with Crippen molar-refractivity contribution in [1.82, 2.24) is 10.3 Å². The molecule has 0 aliphatic heterocycles. The molecule has 2 heterocycles. The van der Waals surface area contributed by atoms with Gasteiger partial charge in [0.05, 0.1) is 16.1 Å². The molecule has 2 rings (SSSR count). The molecule has 2 aromatic heterocycles. The minimum absolute atomic E-state index is 0.0167. The van der Waals surface area contributed by atoms with Gasteiger partial charge in [0.15, 0.2) is 0 Å². The molecule has 1 atom stereocenters. The third kappa shape index (κ3) is 2.23. The molecule has 0 saturated heterocycles. The molecule has 84 valence electrons.